The summed E-state index contributed by atoms with van der Waals surface area (Å²) < 4.78 is 5.45. The SMILES string of the molecule is O=C1CN(C(=O)C2CCCCO2)CCCN1. The summed E-state index contributed by atoms with van der Waals surface area (Å²) in [5.41, 5.74) is 0. The van der Waals surface area contributed by atoms with Crippen LogP contribution in [0.1, 0.15) is 25.7 Å². The minimum Gasteiger partial charge on any atom is -0.368 e. The molecule has 2 heterocycles. The zero-order chi connectivity index (χ0) is 11.4. The smallest absolute Gasteiger partial charge is 0.252 e. The number of hydrogen-bond donors (Lipinski definition) is 1. The van der Waals surface area contributed by atoms with Gasteiger partial charge < -0.3 is 15.0 Å². The second kappa shape index (κ2) is 5.30. The molecule has 5 nitrogen and oxygen atoms in total. The minimum atomic E-state index is -0.320. The fourth-order valence-corrected chi connectivity index (χ4v) is 2.13. The quantitative estimate of drug-likeness (QED) is 0.679. The van der Waals surface area contributed by atoms with Crippen LogP contribution < -0.4 is 5.32 Å². The van der Waals surface area contributed by atoms with E-state index in [4.69, 9.17) is 4.74 Å². The first-order valence-corrected chi connectivity index (χ1v) is 5.94. The molecule has 2 rings (SSSR count). The number of ether oxygens (including phenoxy) is 1. The van der Waals surface area contributed by atoms with Crippen LogP contribution in [-0.2, 0) is 14.3 Å². The molecule has 2 fully saturated rings. The monoisotopic (exact) mass is 226 g/mol. The van der Waals surface area contributed by atoms with Gasteiger partial charge in [-0.3, -0.25) is 9.59 Å². The van der Waals surface area contributed by atoms with Crippen LogP contribution in [0, 0.1) is 0 Å². The summed E-state index contributed by atoms with van der Waals surface area (Å²) >= 11 is 0. The summed E-state index contributed by atoms with van der Waals surface area (Å²) in [7, 11) is 0. The van der Waals surface area contributed by atoms with Gasteiger partial charge in [0.25, 0.3) is 5.91 Å². The Labute approximate surface area is 95.1 Å². The van der Waals surface area contributed by atoms with Crippen LogP contribution in [-0.4, -0.2) is 49.1 Å². The summed E-state index contributed by atoms with van der Waals surface area (Å²) in [6.45, 7) is 2.15. The Balaban J connectivity index is 1.93. The fourth-order valence-electron chi connectivity index (χ4n) is 2.13. The van der Waals surface area contributed by atoms with E-state index in [2.05, 4.69) is 5.32 Å². The molecule has 0 aromatic heterocycles. The Hall–Kier alpha value is -1.10. The molecule has 16 heavy (non-hydrogen) atoms. The van der Waals surface area contributed by atoms with Crippen LogP contribution >= 0.6 is 0 Å². The van der Waals surface area contributed by atoms with Crippen LogP contribution in [0.3, 0.4) is 0 Å². The molecule has 0 aromatic rings. The van der Waals surface area contributed by atoms with Gasteiger partial charge in [0.2, 0.25) is 5.91 Å². The van der Waals surface area contributed by atoms with Gasteiger partial charge in [-0.15, -0.1) is 0 Å². The van der Waals surface area contributed by atoms with Crippen molar-refractivity contribution < 1.29 is 14.3 Å². The molecule has 2 amide bonds. The van der Waals surface area contributed by atoms with Crippen molar-refractivity contribution in [1.82, 2.24) is 10.2 Å². The number of carbonyl (C=O) groups is 2. The summed E-state index contributed by atoms with van der Waals surface area (Å²) in [5, 5.41) is 2.76. The van der Waals surface area contributed by atoms with E-state index in [0.29, 0.717) is 19.7 Å². The van der Waals surface area contributed by atoms with E-state index in [9.17, 15) is 9.59 Å². The third-order valence-electron chi connectivity index (χ3n) is 3.03. The third-order valence-corrected chi connectivity index (χ3v) is 3.03. The maximum Gasteiger partial charge on any atom is 0.252 e. The molecule has 2 aliphatic heterocycles. The zero-order valence-corrected chi connectivity index (χ0v) is 9.41. The minimum absolute atomic E-state index is 0.0169. The van der Waals surface area contributed by atoms with E-state index in [0.717, 1.165) is 25.7 Å². The van der Waals surface area contributed by atoms with E-state index in [1.807, 2.05) is 0 Å². The number of nitrogens with zero attached hydrogens (tertiary/aromatic N) is 1. The predicted octanol–water partition coefficient (Wildman–Crippen LogP) is -0.0960. The van der Waals surface area contributed by atoms with Gasteiger partial charge >= 0.3 is 0 Å². The first-order valence-electron chi connectivity index (χ1n) is 5.94. The molecule has 0 saturated carbocycles. The molecule has 0 bridgehead atoms. The number of hydrogen-bond acceptors (Lipinski definition) is 3. The van der Waals surface area contributed by atoms with E-state index < -0.39 is 0 Å². The highest BCUT2D eigenvalue weighted by Crippen LogP contribution is 2.15. The van der Waals surface area contributed by atoms with E-state index in [1.54, 1.807) is 4.90 Å². The molecule has 0 aliphatic carbocycles. The Bertz CT molecular complexity index is 274. The van der Waals surface area contributed by atoms with Gasteiger partial charge in [0.05, 0.1) is 6.54 Å². The van der Waals surface area contributed by atoms with Crippen LogP contribution in [0.15, 0.2) is 0 Å². The van der Waals surface area contributed by atoms with Crippen molar-refractivity contribution in [3.05, 3.63) is 0 Å². The molecule has 2 aliphatic rings. The van der Waals surface area contributed by atoms with E-state index in [1.165, 1.54) is 0 Å². The molecule has 1 N–H and O–H groups in total. The summed E-state index contributed by atoms with van der Waals surface area (Å²) in [4.78, 5) is 25.0. The van der Waals surface area contributed by atoms with E-state index >= 15 is 0 Å². The number of rotatable bonds is 1. The van der Waals surface area contributed by atoms with Crippen LogP contribution in [0.2, 0.25) is 0 Å². The van der Waals surface area contributed by atoms with Crippen molar-refractivity contribution in [2.75, 3.05) is 26.2 Å². The van der Waals surface area contributed by atoms with E-state index in [-0.39, 0.29) is 24.5 Å². The molecular formula is C11H18N2O3. The van der Waals surface area contributed by atoms with Gasteiger partial charge in [0, 0.05) is 19.7 Å². The van der Waals surface area contributed by atoms with Gasteiger partial charge in [-0.1, -0.05) is 0 Å². The van der Waals surface area contributed by atoms with Crippen molar-refractivity contribution in [1.29, 1.82) is 0 Å². The van der Waals surface area contributed by atoms with Gasteiger partial charge in [0.1, 0.15) is 6.10 Å². The number of amides is 2. The fraction of sp³-hybridized carbons (Fsp3) is 0.818. The van der Waals surface area contributed by atoms with Gasteiger partial charge in [-0.25, -0.2) is 0 Å². The molecule has 0 spiro atoms. The lowest BCUT2D eigenvalue weighted by molar-refractivity contribution is -0.148. The van der Waals surface area contributed by atoms with Crippen LogP contribution in [0.25, 0.3) is 0 Å². The highest BCUT2D eigenvalue weighted by molar-refractivity contribution is 5.87. The Morgan fingerprint density at radius 1 is 1.38 bits per heavy atom. The largest absolute Gasteiger partial charge is 0.368 e. The first kappa shape index (κ1) is 11.4. The lowest BCUT2D eigenvalue weighted by atomic mass is 10.1. The molecule has 5 heteroatoms. The predicted molar refractivity (Wildman–Crippen MR) is 57.8 cm³/mol. The lowest BCUT2D eigenvalue weighted by Gasteiger charge is -2.27. The normalized spacial score (nSPS) is 27.1. The molecule has 0 aromatic carbocycles. The summed E-state index contributed by atoms with van der Waals surface area (Å²) in [6, 6.07) is 0. The molecule has 0 radical (unpaired) electrons. The summed E-state index contributed by atoms with van der Waals surface area (Å²) in [5.74, 6) is -0.0848. The molecular weight excluding hydrogens is 208 g/mol. The van der Waals surface area contributed by atoms with Crippen molar-refractivity contribution in [3.8, 4) is 0 Å². The highest BCUT2D eigenvalue weighted by atomic mass is 16.5. The van der Waals surface area contributed by atoms with Crippen molar-refractivity contribution >= 4 is 11.8 Å². The lowest BCUT2D eigenvalue weighted by Crippen LogP contribution is -2.44. The number of carbonyl (C=O) groups excluding carboxylic acids is 2. The second-order valence-corrected chi connectivity index (χ2v) is 4.32. The Morgan fingerprint density at radius 3 is 3.00 bits per heavy atom. The van der Waals surface area contributed by atoms with Crippen LogP contribution in [0.4, 0.5) is 0 Å². The highest BCUT2D eigenvalue weighted by Gasteiger charge is 2.28. The molecule has 1 unspecified atom stereocenters. The van der Waals surface area contributed by atoms with Gasteiger partial charge in [-0.05, 0) is 25.7 Å². The average Bonchev–Trinajstić information content (AvgIpc) is 2.54. The van der Waals surface area contributed by atoms with Gasteiger partial charge in [0.15, 0.2) is 0 Å². The summed E-state index contributed by atoms with van der Waals surface area (Å²) in [6.07, 6.45) is 3.36. The third kappa shape index (κ3) is 2.72. The maximum absolute atomic E-state index is 12.1. The Morgan fingerprint density at radius 2 is 2.25 bits per heavy atom. The topological polar surface area (TPSA) is 58.6 Å². The molecule has 1 atom stereocenters. The van der Waals surface area contributed by atoms with Crippen LogP contribution in [0.5, 0.6) is 0 Å². The molecule has 90 valence electrons. The second-order valence-electron chi connectivity index (χ2n) is 4.32. The van der Waals surface area contributed by atoms with Crippen molar-refractivity contribution in [2.45, 2.75) is 31.8 Å². The zero-order valence-electron chi connectivity index (χ0n) is 9.41. The first-order chi connectivity index (χ1) is 7.77. The van der Waals surface area contributed by atoms with Crippen molar-refractivity contribution in [3.63, 3.8) is 0 Å². The number of nitrogens with one attached hydrogen (secondary N) is 1. The van der Waals surface area contributed by atoms with Gasteiger partial charge in [-0.2, -0.15) is 0 Å². The standard InChI is InChI=1S/C11H18N2O3/c14-10-8-13(6-3-5-12-10)11(15)9-4-1-2-7-16-9/h9H,1-8H2,(H,12,14). The molecule has 2 saturated heterocycles. The maximum atomic E-state index is 12.1. The van der Waals surface area contributed by atoms with Crippen molar-refractivity contribution in [2.24, 2.45) is 0 Å². The average molecular weight is 226 g/mol. The Kier molecular flexibility index (Phi) is 3.77.